The highest BCUT2D eigenvalue weighted by Gasteiger charge is 2.03. The van der Waals surface area contributed by atoms with Crippen molar-refractivity contribution in [3.05, 3.63) is 23.9 Å². The molecule has 0 aliphatic heterocycles. The quantitative estimate of drug-likeness (QED) is 0.478. The minimum absolute atomic E-state index is 0.268. The van der Waals surface area contributed by atoms with Crippen molar-refractivity contribution in [3.63, 3.8) is 0 Å². The van der Waals surface area contributed by atoms with Crippen LogP contribution in [-0.2, 0) is 4.79 Å². The van der Waals surface area contributed by atoms with Gasteiger partial charge in [0, 0.05) is 13.1 Å². The smallest absolute Gasteiger partial charge is 0.309 e. The van der Waals surface area contributed by atoms with E-state index < -0.39 is 5.97 Å². The second-order valence-electron chi connectivity index (χ2n) is 2.32. The molecule has 13 heavy (non-hydrogen) atoms. The van der Waals surface area contributed by atoms with Crippen molar-refractivity contribution in [1.29, 1.82) is 0 Å². The number of aromatic nitrogens is 1. The molecule has 0 spiro atoms. The monoisotopic (exact) mass is 175 g/mol. The molecule has 1 rings (SSSR count). The molecule has 0 N–H and O–H groups in total. The normalized spacial score (nSPS) is 8.46. The van der Waals surface area contributed by atoms with Gasteiger partial charge in [0.2, 0.25) is 5.88 Å². The largest absolute Gasteiger partial charge is 0.406 e. The van der Waals surface area contributed by atoms with Crippen LogP contribution >= 0.6 is 0 Å². The van der Waals surface area contributed by atoms with Gasteiger partial charge in [-0.1, -0.05) is 5.92 Å². The summed E-state index contributed by atoms with van der Waals surface area (Å²) in [4.78, 5) is 14.6. The van der Waals surface area contributed by atoms with E-state index in [1.54, 1.807) is 25.3 Å². The second-order valence-corrected chi connectivity index (χ2v) is 2.32. The molecule has 0 aliphatic carbocycles. The van der Waals surface area contributed by atoms with Gasteiger partial charge in [-0.15, -0.1) is 5.92 Å². The molecule has 3 heteroatoms. The molecule has 0 saturated carbocycles. The minimum Gasteiger partial charge on any atom is -0.406 e. The van der Waals surface area contributed by atoms with Crippen LogP contribution < -0.4 is 4.74 Å². The summed E-state index contributed by atoms with van der Waals surface area (Å²) >= 11 is 0. The van der Waals surface area contributed by atoms with Crippen LogP contribution in [0.5, 0.6) is 5.88 Å². The Kier molecular flexibility index (Phi) is 3.04. The predicted molar refractivity (Wildman–Crippen MR) is 48.1 cm³/mol. The van der Waals surface area contributed by atoms with Crippen LogP contribution in [0.3, 0.4) is 0 Å². The molecule has 3 nitrogen and oxygen atoms in total. The van der Waals surface area contributed by atoms with E-state index in [9.17, 15) is 4.79 Å². The Morgan fingerprint density at radius 3 is 3.00 bits per heavy atom. The first-order valence-corrected chi connectivity index (χ1v) is 3.80. The Morgan fingerprint density at radius 2 is 2.38 bits per heavy atom. The summed E-state index contributed by atoms with van der Waals surface area (Å²) in [6, 6.07) is 3.49. The zero-order valence-electron chi connectivity index (χ0n) is 7.50. The van der Waals surface area contributed by atoms with E-state index in [1.165, 1.54) is 6.92 Å². The van der Waals surface area contributed by atoms with Crippen molar-refractivity contribution in [1.82, 2.24) is 4.98 Å². The van der Waals surface area contributed by atoms with E-state index in [4.69, 9.17) is 4.74 Å². The summed E-state index contributed by atoms with van der Waals surface area (Å²) in [5.41, 5.74) is 0.625. The molecule has 0 radical (unpaired) electrons. The Bertz CT molecular complexity index is 374. The van der Waals surface area contributed by atoms with Crippen molar-refractivity contribution in [3.8, 4) is 17.7 Å². The lowest BCUT2D eigenvalue weighted by Gasteiger charge is -2.00. The number of esters is 1. The van der Waals surface area contributed by atoms with Crippen molar-refractivity contribution in [2.45, 2.75) is 13.8 Å². The first-order chi connectivity index (χ1) is 6.24. The highest BCUT2D eigenvalue weighted by atomic mass is 16.5. The lowest BCUT2D eigenvalue weighted by molar-refractivity contribution is -0.132. The fraction of sp³-hybridized carbons (Fsp3) is 0.200. The molecule has 1 aromatic heterocycles. The average Bonchev–Trinajstić information content (AvgIpc) is 2.08. The molecule has 1 aromatic rings. The topological polar surface area (TPSA) is 39.2 Å². The summed E-state index contributed by atoms with van der Waals surface area (Å²) in [7, 11) is 0. The Hall–Kier alpha value is -1.82. The van der Waals surface area contributed by atoms with E-state index >= 15 is 0 Å². The van der Waals surface area contributed by atoms with Crippen molar-refractivity contribution in [2.75, 3.05) is 0 Å². The molecule has 0 fully saturated rings. The molecule has 0 bridgehead atoms. The average molecular weight is 175 g/mol. The van der Waals surface area contributed by atoms with Crippen LogP contribution in [0.2, 0.25) is 0 Å². The first kappa shape index (κ1) is 9.27. The third kappa shape index (κ3) is 2.60. The molecule has 66 valence electrons. The number of hydrogen-bond acceptors (Lipinski definition) is 3. The molecular formula is C10H9NO2. The number of ether oxygens (including phenoxy) is 1. The predicted octanol–water partition coefficient (Wildman–Crippen LogP) is 1.38. The third-order valence-electron chi connectivity index (χ3n) is 1.27. The number of carbonyl (C=O) groups excluding carboxylic acids is 1. The van der Waals surface area contributed by atoms with Crippen molar-refractivity contribution < 1.29 is 9.53 Å². The zero-order chi connectivity index (χ0) is 9.68. The van der Waals surface area contributed by atoms with Crippen LogP contribution in [0.1, 0.15) is 19.4 Å². The molecule has 0 amide bonds. The fourth-order valence-corrected chi connectivity index (χ4v) is 0.838. The number of pyridine rings is 1. The van der Waals surface area contributed by atoms with E-state index in [1.807, 2.05) is 0 Å². The van der Waals surface area contributed by atoms with Crippen LogP contribution in [0.15, 0.2) is 18.3 Å². The Balaban J connectivity index is 3.02. The van der Waals surface area contributed by atoms with Gasteiger partial charge in [-0.3, -0.25) is 4.79 Å². The Labute approximate surface area is 76.8 Å². The Morgan fingerprint density at radius 1 is 1.62 bits per heavy atom. The molecular weight excluding hydrogens is 166 g/mol. The maximum absolute atomic E-state index is 10.7. The van der Waals surface area contributed by atoms with Crippen molar-refractivity contribution in [2.24, 2.45) is 0 Å². The highest BCUT2D eigenvalue weighted by Crippen LogP contribution is 2.12. The number of carbonyl (C=O) groups is 1. The van der Waals surface area contributed by atoms with Gasteiger partial charge < -0.3 is 4.74 Å². The maximum atomic E-state index is 10.7. The van der Waals surface area contributed by atoms with Gasteiger partial charge in [-0.05, 0) is 19.1 Å². The molecule has 0 aliphatic rings. The number of rotatable bonds is 1. The molecule has 0 unspecified atom stereocenters. The first-order valence-electron chi connectivity index (χ1n) is 3.80. The minimum atomic E-state index is -0.391. The van der Waals surface area contributed by atoms with Crippen LogP contribution in [0.4, 0.5) is 0 Å². The number of hydrogen-bond donors (Lipinski definition) is 0. The molecule has 0 atom stereocenters. The third-order valence-corrected chi connectivity index (χ3v) is 1.27. The summed E-state index contributed by atoms with van der Waals surface area (Å²) in [6.45, 7) is 3.04. The SMILES string of the molecule is CC#Cc1cccnc1OC(C)=O. The van der Waals surface area contributed by atoms with Gasteiger partial charge >= 0.3 is 5.97 Å². The fourth-order valence-electron chi connectivity index (χ4n) is 0.838. The van der Waals surface area contributed by atoms with Gasteiger partial charge in [0.15, 0.2) is 0 Å². The lowest BCUT2D eigenvalue weighted by Crippen LogP contribution is -2.04. The van der Waals surface area contributed by atoms with Gasteiger partial charge in [-0.2, -0.15) is 0 Å². The summed E-state index contributed by atoms with van der Waals surface area (Å²) in [6.07, 6.45) is 1.55. The highest BCUT2D eigenvalue weighted by molar-refractivity contribution is 5.69. The summed E-state index contributed by atoms with van der Waals surface area (Å²) in [5.74, 6) is 5.39. The molecule has 0 saturated heterocycles. The molecule has 1 heterocycles. The van der Waals surface area contributed by atoms with Crippen LogP contribution in [0, 0.1) is 11.8 Å². The van der Waals surface area contributed by atoms with E-state index in [0.717, 1.165) is 0 Å². The zero-order valence-corrected chi connectivity index (χ0v) is 7.50. The number of nitrogens with zero attached hydrogens (tertiary/aromatic N) is 1. The van der Waals surface area contributed by atoms with Gasteiger partial charge in [0.05, 0.1) is 5.56 Å². The van der Waals surface area contributed by atoms with Crippen LogP contribution in [-0.4, -0.2) is 11.0 Å². The van der Waals surface area contributed by atoms with Crippen molar-refractivity contribution >= 4 is 5.97 Å². The van der Waals surface area contributed by atoms with Gasteiger partial charge in [0.1, 0.15) is 0 Å². The summed E-state index contributed by atoms with van der Waals surface area (Å²) < 4.78 is 4.85. The van der Waals surface area contributed by atoms with E-state index in [-0.39, 0.29) is 5.88 Å². The van der Waals surface area contributed by atoms with E-state index in [0.29, 0.717) is 5.56 Å². The summed E-state index contributed by atoms with van der Waals surface area (Å²) in [5, 5.41) is 0. The van der Waals surface area contributed by atoms with E-state index in [2.05, 4.69) is 16.8 Å². The van der Waals surface area contributed by atoms with Crippen LogP contribution in [0.25, 0.3) is 0 Å². The van der Waals surface area contributed by atoms with Gasteiger partial charge in [0.25, 0.3) is 0 Å². The molecule has 0 aromatic carbocycles. The lowest BCUT2D eigenvalue weighted by atomic mass is 10.3. The van der Waals surface area contributed by atoms with Gasteiger partial charge in [-0.25, -0.2) is 4.98 Å². The maximum Gasteiger partial charge on any atom is 0.309 e. The second kappa shape index (κ2) is 4.27. The standard InChI is InChI=1S/C10H9NO2/c1-3-5-9-6-4-7-11-10(9)13-8(2)12/h4,6-7H,1-2H3.